The molecule has 1 aliphatic heterocycles. The van der Waals surface area contributed by atoms with Crippen molar-refractivity contribution < 1.29 is 17.9 Å². The first-order chi connectivity index (χ1) is 12.3. The summed E-state index contributed by atoms with van der Waals surface area (Å²) in [6.45, 7) is 3.75. The summed E-state index contributed by atoms with van der Waals surface area (Å²) in [5.74, 6) is 0.364. The predicted octanol–water partition coefficient (Wildman–Crippen LogP) is 1.61. The van der Waals surface area contributed by atoms with Crippen LogP contribution >= 0.6 is 46.9 Å². The molecule has 1 fully saturated rings. The molecule has 0 amide bonds. The highest BCUT2D eigenvalue weighted by Crippen LogP contribution is 2.25. The average molecular weight is 551 g/mol. The smallest absolute Gasteiger partial charge is 0.310 e. The van der Waals surface area contributed by atoms with Crippen LogP contribution in [0.5, 0.6) is 0 Å². The number of nitrogens with one attached hydrogen (secondary N) is 2. The Kier molecular flexibility index (Phi) is 9.75. The Morgan fingerprint density at radius 2 is 2.11 bits per heavy atom. The zero-order valence-corrected chi connectivity index (χ0v) is 20.0. The summed E-state index contributed by atoms with van der Waals surface area (Å²) in [5.41, 5.74) is 0. The Morgan fingerprint density at radius 3 is 2.67 bits per heavy atom. The fourth-order valence-corrected chi connectivity index (χ4v) is 5.36. The van der Waals surface area contributed by atoms with Gasteiger partial charge in [-0.25, -0.2) is 13.1 Å². The van der Waals surface area contributed by atoms with Gasteiger partial charge in [0.15, 0.2) is 5.96 Å². The summed E-state index contributed by atoms with van der Waals surface area (Å²) in [4.78, 5) is 18.0. The summed E-state index contributed by atoms with van der Waals surface area (Å²) >= 11 is 6.78. The van der Waals surface area contributed by atoms with Crippen molar-refractivity contribution in [3.05, 3.63) is 16.5 Å². The SMILES string of the molecule is CN=C(NCCNS(=O)(=O)c1ccc(Cl)s1)N1CC(C)C(C(=O)OC)C1.I. The zero-order valence-electron chi connectivity index (χ0n) is 15.3. The molecule has 0 radical (unpaired) electrons. The molecule has 0 saturated carbocycles. The van der Waals surface area contributed by atoms with Crippen molar-refractivity contribution in [2.75, 3.05) is 40.3 Å². The van der Waals surface area contributed by atoms with Gasteiger partial charge in [0.25, 0.3) is 0 Å². The number of hydrogen-bond acceptors (Lipinski definition) is 6. The van der Waals surface area contributed by atoms with E-state index in [0.717, 1.165) is 11.3 Å². The van der Waals surface area contributed by atoms with Gasteiger partial charge in [-0.3, -0.25) is 9.79 Å². The molecule has 0 aliphatic carbocycles. The highest BCUT2D eigenvalue weighted by molar-refractivity contribution is 14.0. The molecule has 0 aromatic carbocycles. The number of methoxy groups -OCH3 is 1. The van der Waals surface area contributed by atoms with Gasteiger partial charge in [0.05, 0.1) is 17.4 Å². The predicted molar refractivity (Wildman–Crippen MR) is 118 cm³/mol. The van der Waals surface area contributed by atoms with Gasteiger partial charge >= 0.3 is 5.97 Å². The van der Waals surface area contributed by atoms with Gasteiger partial charge in [0, 0.05) is 33.2 Å². The van der Waals surface area contributed by atoms with E-state index >= 15 is 0 Å². The van der Waals surface area contributed by atoms with E-state index in [1.807, 2.05) is 11.8 Å². The number of likely N-dealkylation sites (tertiary alicyclic amines) is 1. The molecule has 154 valence electrons. The Balaban J connectivity index is 0.00000364. The third-order valence-corrected chi connectivity index (χ3v) is 7.33. The fourth-order valence-electron chi connectivity index (χ4n) is 2.80. The quantitative estimate of drug-likeness (QED) is 0.184. The Bertz CT molecular complexity index is 772. The van der Waals surface area contributed by atoms with Gasteiger partial charge in [-0.05, 0) is 18.1 Å². The summed E-state index contributed by atoms with van der Waals surface area (Å²) in [6, 6.07) is 3.02. The maximum absolute atomic E-state index is 12.1. The number of halogens is 2. The van der Waals surface area contributed by atoms with Crippen molar-refractivity contribution in [3.63, 3.8) is 0 Å². The van der Waals surface area contributed by atoms with Crippen LogP contribution in [0.15, 0.2) is 21.3 Å². The second kappa shape index (κ2) is 10.8. The number of nitrogens with zero attached hydrogens (tertiary/aromatic N) is 2. The van der Waals surface area contributed by atoms with Gasteiger partial charge in [0.1, 0.15) is 4.21 Å². The van der Waals surface area contributed by atoms with Crippen LogP contribution in [-0.4, -0.2) is 65.6 Å². The monoisotopic (exact) mass is 550 g/mol. The maximum atomic E-state index is 12.1. The van der Waals surface area contributed by atoms with Crippen molar-refractivity contribution in [2.24, 2.45) is 16.8 Å². The summed E-state index contributed by atoms with van der Waals surface area (Å²) in [5, 5.41) is 3.11. The average Bonchev–Trinajstić information content (AvgIpc) is 3.20. The highest BCUT2D eigenvalue weighted by Gasteiger charge is 2.36. The van der Waals surface area contributed by atoms with Crippen molar-refractivity contribution >= 4 is 68.9 Å². The molecule has 2 unspecified atom stereocenters. The lowest BCUT2D eigenvalue weighted by molar-refractivity contribution is -0.145. The molecule has 8 nitrogen and oxygen atoms in total. The Morgan fingerprint density at radius 1 is 1.41 bits per heavy atom. The van der Waals surface area contributed by atoms with E-state index < -0.39 is 10.0 Å². The van der Waals surface area contributed by atoms with Crippen LogP contribution in [0.2, 0.25) is 4.34 Å². The summed E-state index contributed by atoms with van der Waals surface area (Å²) in [7, 11) is -0.530. The summed E-state index contributed by atoms with van der Waals surface area (Å²) < 4.78 is 32.2. The Hall–Kier alpha value is -0.630. The Labute approximate surface area is 185 Å². The minimum atomic E-state index is -3.57. The third-order valence-electron chi connectivity index (χ3n) is 4.14. The lowest BCUT2D eigenvalue weighted by atomic mass is 9.99. The number of carbonyl (C=O) groups excluding carboxylic acids is 1. The molecule has 1 aromatic rings. The molecule has 1 aromatic heterocycles. The third kappa shape index (κ3) is 6.44. The molecule has 2 atom stereocenters. The van der Waals surface area contributed by atoms with E-state index in [4.69, 9.17) is 16.3 Å². The molecule has 2 rings (SSSR count). The lowest BCUT2D eigenvalue weighted by Gasteiger charge is -2.21. The van der Waals surface area contributed by atoms with Crippen LogP contribution in [0, 0.1) is 11.8 Å². The molecule has 12 heteroatoms. The number of sulfonamides is 1. The largest absolute Gasteiger partial charge is 0.469 e. The van der Waals surface area contributed by atoms with E-state index in [1.54, 1.807) is 13.1 Å². The maximum Gasteiger partial charge on any atom is 0.310 e. The second-order valence-corrected chi connectivity index (χ2v) is 9.65. The molecular weight excluding hydrogens is 527 g/mol. The first kappa shape index (κ1) is 24.4. The van der Waals surface area contributed by atoms with Crippen LogP contribution in [0.25, 0.3) is 0 Å². The molecule has 1 saturated heterocycles. The molecule has 2 heterocycles. The number of aliphatic imine (C=N–C) groups is 1. The van der Waals surface area contributed by atoms with Gasteiger partial charge < -0.3 is 15.0 Å². The van der Waals surface area contributed by atoms with E-state index in [-0.39, 0.29) is 52.5 Å². The van der Waals surface area contributed by atoms with Crippen molar-refractivity contribution in [2.45, 2.75) is 11.1 Å². The van der Waals surface area contributed by atoms with E-state index in [2.05, 4.69) is 15.0 Å². The van der Waals surface area contributed by atoms with Crippen LogP contribution in [0.1, 0.15) is 6.92 Å². The van der Waals surface area contributed by atoms with Crippen LogP contribution in [0.3, 0.4) is 0 Å². The van der Waals surface area contributed by atoms with Gasteiger partial charge in [-0.15, -0.1) is 35.3 Å². The van der Waals surface area contributed by atoms with Gasteiger partial charge in [-0.1, -0.05) is 18.5 Å². The standard InChI is InChI=1S/C15H23ClN4O4S2.HI/c1-10-8-20(9-11(10)14(21)24-3)15(17-2)18-6-7-19-26(22,23)13-5-4-12(16)25-13;/h4-5,10-11,19H,6-9H2,1-3H3,(H,17,18);1H. The molecule has 27 heavy (non-hydrogen) atoms. The minimum Gasteiger partial charge on any atom is -0.469 e. The van der Waals surface area contributed by atoms with Crippen LogP contribution in [-0.2, 0) is 19.6 Å². The topological polar surface area (TPSA) is 100 Å². The molecule has 1 aliphatic rings. The van der Waals surface area contributed by atoms with Gasteiger partial charge in [-0.2, -0.15) is 0 Å². The first-order valence-electron chi connectivity index (χ1n) is 8.07. The van der Waals surface area contributed by atoms with Crippen LogP contribution < -0.4 is 10.0 Å². The number of carbonyl (C=O) groups is 1. The van der Waals surface area contributed by atoms with E-state index in [1.165, 1.54) is 13.2 Å². The molecule has 0 spiro atoms. The number of rotatable bonds is 6. The summed E-state index contributed by atoms with van der Waals surface area (Å²) in [6.07, 6.45) is 0. The van der Waals surface area contributed by atoms with Gasteiger partial charge in [0.2, 0.25) is 10.0 Å². The highest BCUT2D eigenvalue weighted by atomic mass is 127. The zero-order chi connectivity index (χ0) is 19.3. The number of thiophene rings is 1. The number of esters is 1. The van der Waals surface area contributed by atoms with Crippen molar-refractivity contribution in [1.82, 2.24) is 14.9 Å². The number of hydrogen-bond donors (Lipinski definition) is 2. The van der Waals surface area contributed by atoms with E-state index in [0.29, 0.717) is 29.9 Å². The van der Waals surface area contributed by atoms with Crippen molar-refractivity contribution in [3.8, 4) is 0 Å². The second-order valence-electron chi connectivity index (χ2n) is 5.94. The number of guanidine groups is 1. The lowest BCUT2D eigenvalue weighted by Crippen LogP contribution is -2.43. The van der Waals surface area contributed by atoms with Crippen LogP contribution in [0.4, 0.5) is 0 Å². The molecule has 0 bridgehead atoms. The molecule has 2 N–H and O–H groups in total. The minimum absolute atomic E-state index is 0. The fraction of sp³-hybridized carbons (Fsp3) is 0.600. The number of ether oxygens (including phenoxy) is 1. The molecular formula is C15H24ClIN4O4S2. The normalized spacial score (nSPS) is 20.3. The first-order valence-corrected chi connectivity index (χ1v) is 10.7. The van der Waals surface area contributed by atoms with E-state index in [9.17, 15) is 13.2 Å². The van der Waals surface area contributed by atoms with Crippen molar-refractivity contribution in [1.29, 1.82) is 0 Å².